The molecule has 8 nitrogen and oxygen atoms in total. The van der Waals surface area contributed by atoms with Crippen LogP contribution in [0.4, 0.5) is 11.8 Å². The van der Waals surface area contributed by atoms with Gasteiger partial charge in [0.1, 0.15) is 0 Å². The molecule has 176 valence electrons. The van der Waals surface area contributed by atoms with Gasteiger partial charge >= 0.3 is 0 Å². The smallest absolute Gasteiger partial charge is 0.225 e. The first-order chi connectivity index (χ1) is 17.1. The molecule has 5 heterocycles. The zero-order valence-electron chi connectivity index (χ0n) is 20.0. The van der Waals surface area contributed by atoms with Crippen LogP contribution in [0.5, 0.6) is 0 Å². The van der Waals surface area contributed by atoms with Gasteiger partial charge in [-0.15, -0.1) is 0 Å². The van der Waals surface area contributed by atoms with Crippen LogP contribution in [0.2, 0.25) is 0 Å². The highest BCUT2D eigenvalue weighted by Crippen LogP contribution is 2.25. The van der Waals surface area contributed by atoms with Gasteiger partial charge in [0.25, 0.3) is 0 Å². The molecule has 0 N–H and O–H groups in total. The summed E-state index contributed by atoms with van der Waals surface area (Å²) in [6.07, 6.45) is 10.7. The molecular formula is C27H28N8. The van der Waals surface area contributed by atoms with Gasteiger partial charge in [-0.05, 0) is 24.1 Å². The van der Waals surface area contributed by atoms with E-state index in [-0.39, 0.29) is 6.04 Å². The number of aromatic nitrogens is 6. The van der Waals surface area contributed by atoms with Crippen LogP contribution in [-0.2, 0) is 13.5 Å². The fourth-order valence-electron chi connectivity index (χ4n) is 4.75. The van der Waals surface area contributed by atoms with E-state index >= 15 is 0 Å². The van der Waals surface area contributed by atoms with Gasteiger partial charge in [-0.25, -0.2) is 14.5 Å². The van der Waals surface area contributed by atoms with Crippen LogP contribution in [0, 0.1) is 0 Å². The number of fused-ring (bicyclic) bond motifs is 1. The fourth-order valence-corrected chi connectivity index (χ4v) is 4.75. The highest BCUT2D eigenvalue weighted by atomic mass is 15.4. The van der Waals surface area contributed by atoms with Gasteiger partial charge in [0, 0.05) is 81.1 Å². The maximum atomic E-state index is 4.88. The quantitative estimate of drug-likeness (QED) is 0.394. The second-order valence-electron chi connectivity index (χ2n) is 9.23. The molecular weight excluding hydrogens is 436 g/mol. The standard InChI is InChI=1S/C27H28N8/c1-20-17-33(26-13-25-9-8-23(19-35(25)31-26)24-16-30-32(2)18-24)10-11-34(20)27-28-14-22(15-29-27)12-21-6-4-3-5-7-21/h3-9,13-16,18-20H,10-12,17H2,1-2H3. The van der Waals surface area contributed by atoms with Crippen LogP contribution in [0.1, 0.15) is 18.1 Å². The van der Waals surface area contributed by atoms with Crippen LogP contribution in [0.3, 0.4) is 0 Å². The van der Waals surface area contributed by atoms with Gasteiger partial charge in [-0.3, -0.25) is 4.68 Å². The Morgan fingerprint density at radius 2 is 1.71 bits per heavy atom. The van der Waals surface area contributed by atoms with Crippen LogP contribution >= 0.6 is 0 Å². The Hall–Kier alpha value is -4.20. The van der Waals surface area contributed by atoms with E-state index in [1.54, 1.807) is 0 Å². The highest BCUT2D eigenvalue weighted by molar-refractivity contribution is 5.66. The molecule has 0 saturated carbocycles. The summed E-state index contributed by atoms with van der Waals surface area (Å²) in [4.78, 5) is 14.0. The first-order valence-corrected chi connectivity index (χ1v) is 12.0. The number of pyridine rings is 1. The number of anilines is 2. The van der Waals surface area contributed by atoms with Crippen molar-refractivity contribution in [3.8, 4) is 11.1 Å². The zero-order chi connectivity index (χ0) is 23.8. The molecule has 0 bridgehead atoms. The number of aryl methyl sites for hydroxylation is 1. The first kappa shape index (κ1) is 21.3. The zero-order valence-corrected chi connectivity index (χ0v) is 20.0. The van der Waals surface area contributed by atoms with E-state index < -0.39 is 0 Å². The lowest BCUT2D eigenvalue weighted by Gasteiger charge is -2.39. The molecule has 0 amide bonds. The van der Waals surface area contributed by atoms with E-state index in [1.165, 1.54) is 5.56 Å². The Kier molecular flexibility index (Phi) is 5.41. The van der Waals surface area contributed by atoms with Crippen molar-refractivity contribution in [3.63, 3.8) is 0 Å². The second-order valence-corrected chi connectivity index (χ2v) is 9.23. The summed E-state index contributed by atoms with van der Waals surface area (Å²) in [5.41, 5.74) is 5.67. The summed E-state index contributed by atoms with van der Waals surface area (Å²) in [5.74, 6) is 1.80. The third kappa shape index (κ3) is 4.35. The third-order valence-corrected chi connectivity index (χ3v) is 6.64. The molecule has 35 heavy (non-hydrogen) atoms. The summed E-state index contributed by atoms with van der Waals surface area (Å²) >= 11 is 0. The number of nitrogens with zero attached hydrogens (tertiary/aromatic N) is 8. The largest absolute Gasteiger partial charge is 0.351 e. The SMILES string of the molecule is CC1CN(c2cc3ccc(-c4cnn(C)c4)cn3n2)CCN1c1ncc(Cc2ccccc2)cn1. The normalized spacial score (nSPS) is 16.2. The molecule has 1 unspecified atom stereocenters. The Labute approximate surface area is 204 Å². The van der Waals surface area contributed by atoms with Crippen molar-refractivity contribution < 1.29 is 0 Å². The van der Waals surface area contributed by atoms with Gasteiger partial charge < -0.3 is 9.80 Å². The minimum Gasteiger partial charge on any atom is -0.351 e. The van der Waals surface area contributed by atoms with Crippen LogP contribution in [0.25, 0.3) is 16.6 Å². The lowest BCUT2D eigenvalue weighted by molar-refractivity contribution is 0.536. The molecule has 1 aliphatic rings. The van der Waals surface area contributed by atoms with Crippen molar-refractivity contribution in [2.24, 2.45) is 7.05 Å². The third-order valence-electron chi connectivity index (χ3n) is 6.64. The summed E-state index contributed by atoms with van der Waals surface area (Å²) in [7, 11) is 1.93. The fraction of sp³-hybridized carbons (Fsp3) is 0.259. The van der Waals surface area contributed by atoms with E-state index in [0.29, 0.717) is 0 Å². The van der Waals surface area contributed by atoms with E-state index in [2.05, 4.69) is 70.5 Å². The van der Waals surface area contributed by atoms with Crippen LogP contribution in [0.15, 0.2) is 79.5 Å². The minimum atomic E-state index is 0.277. The maximum absolute atomic E-state index is 4.88. The average Bonchev–Trinajstić information content (AvgIpc) is 3.51. The molecule has 4 aromatic heterocycles. The topological polar surface area (TPSA) is 67.4 Å². The number of rotatable bonds is 5. The summed E-state index contributed by atoms with van der Waals surface area (Å²) in [5, 5.41) is 9.16. The lowest BCUT2D eigenvalue weighted by Crippen LogP contribution is -2.52. The van der Waals surface area contributed by atoms with E-state index in [1.807, 2.05) is 47.1 Å². The second kappa shape index (κ2) is 8.87. The van der Waals surface area contributed by atoms with Gasteiger partial charge in [0.15, 0.2) is 5.82 Å². The van der Waals surface area contributed by atoms with Crippen LogP contribution in [-0.4, -0.2) is 55.0 Å². The van der Waals surface area contributed by atoms with Gasteiger partial charge in [0.05, 0.1) is 11.7 Å². The Morgan fingerprint density at radius 3 is 2.46 bits per heavy atom. The molecule has 1 saturated heterocycles. The Morgan fingerprint density at radius 1 is 0.886 bits per heavy atom. The van der Waals surface area contributed by atoms with Gasteiger partial charge in [-0.2, -0.15) is 10.2 Å². The Balaban J connectivity index is 1.14. The Bertz CT molecular complexity index is 1440. The molecule has 0 spiro atoms. The molecule has 1 fully saturated rings. The van der Waals surface area contributed by atoms with Crippen molar-refractivity contribution in [1.82, 2.24) is 29.4 Å². The van der Waals surface area contributed by atoms with Crippen molar-refractivity contribution in [2.75, 3.05) is 29.4 Å². The predicted molar refractivity (Wildman–Crippen MR) is 138 cm³/mol. The van der Waals surface area contributed by atoms with Gasteiger partial charge in [0.2, 0.25) is 5.95 Å². The van der Waals surface area contributed by atoms with Gasteiger partial charge in [-0.1, -0.05) is 36.4 Å². The summed E-state index contributed by atoms with van der Waals surface area (Å²) in [6, 6.07) is 17.1. The highest BCUT2D eigenvalue weighted by Gasteiger charge is 2.27. The van der Waals surface area contributed by atoms with Crippen molar-refractivity contribution in [3.05, 3.63) is 90.6 Å². The van der Waals surface area contributed by atoms with Crippen molar-refractivity contribution in [1.29, 1.82) is 0 Å². The molecule has 1 atom stereocenters. The van der Waals surface area contributed by atoms with E-state index in [4.69, 9.17) is 15.1 Å². The number of benzene rings is 1. The number of hydrogen-bond acceptors (Lipinski definition) is 6. The molecule has 1 aromatic carbocycles. The number of piperazine rings is 1. The molecule has 1 aliphatic heterocycles. The summed E-state index contributed by atoms with van der Waals surface area (Å²) < 4.78 is 3.78. The molecule has 8 heteroatoms. The van der Waals surface area contributed by atoms with E-state index in [0.717, 1.165) is 60.0 Å². The monoisotopic (exact) mass is 464 g/mol. The summed E-state index contributed by atoms with van der Waals surface area (Å²) in [6.45, 7) is 4.82. The maximum Gasteiger partial charge on any atom is 0.225 e. The van der Waals surface area contributed by atoms with Crippen molar-refractivity contribution in [2.45, 2.75) is 19.4 Å². The lowest BCUT2D eigenvalue weighted by atomic mass is 10.1. The average molecular weight is 465 g/mol. The van der Waals surface area contributed by atoms with Crippen molar-refractivity contribution >= 4 is 17.3 Å². The van der Waals surface area contributed by atoms with Crippen LogP contribution < -0.4 is 9.80 Å². The molecule has 5 aromatic rings. The number of hydrogen-bond donors (Lipinski definition) is 0. The predicted octanol–water partition coefficient (Wildman–Crippen LogP) is 3.83. The van der Waals surface area contributed by atoms with E-state index in [9.17, 15) is 0 Å². The minimum absolute atomic E-state index is 0.277. The molecule has 0 radical (unpaired) electrons. The molecule has 6 rings (SSSR count). The molecule has 0 aliphatic carbocycles. The first-order valence-electron chi connectivity index (χ1n) is 12.0.